The molecule has 0 bridgehead atoms. The maximum atomic E-state index is 5.91. The SMILES string of the molecule is Cc1c(Oc2ccccc2)cccc1Oc1ccccc1. The van der Waals surface area contributed by atoms with Crippen LogP contribution in [0.25, 0.3) is 0 Å². The Hall–Kier alpha value is -2.74. The van der Waals surface area contributed by atoms with Crippen molar-refractivity contribution in [2.24, 2.45) is 0 Å². The van der Waals surface area contributed by atoms with Crippen LogP contribution in [0.4, 0.5) is 0 Å². The molecule has 0 saturated heterocycles. The summed E-state index contributed by atoms with van der Waals surface area (Å²) < 4.78 is 11.8. The van der Waals surface area contributed by atoms with Crippen molar-refractivity contribution in [2.45, 2.75) is 6.92 Å². The fourth-order valence-electron chi connectivity index (χ4n) is 2.05. The van der Waals surface area contributed by atoms with Crippen LogP contribution in [0.5, 0.6) is 23.0 Å². The first-order chi connectivity index (χ1) is 10.3. The molecule has 104 valence electrons. The topological polar surface area (TPSA) is 18.5 Å². The van der Waals surface area contributed by atoms with E-state index in [1.54, 1.807) is 0 Å². The number of rotatable bonds is 4. The van der Waals surface area contributed by atoms with E-state index in [4.69, 9.17) is 9.47 Å². The van der Waals surface area contributed by atoms with Gasteiger partial charge in [0.05, 0.1) is 0 Å². The molecule has 0 aliphatic heterocycles. The first-order valence-electron chi connectivity index (χ1n) is 6.88. The summed E-state index contributed by atoms with van der Waals surface area (Å²) in [5.41, 5.74) is 0.977. The average molecular weight is 276 g/mol. The van der Waals surface area contributed by atoms with Gasteiger partial charge in [0, 0.05) is 5.56 Å². The van der Waals surface area contributed by atoms with Crippen LogP contribution >= 0.6 is 0 Å². The predicted octanol–water partition coefficient (Wildman–Crippen LogP) is 5.58. The smallest absolute Gasteiger partial charge is 0.134 e. The van der Waals surface area contributed by atoms with Gasteiger partial charge < -0.3 is 9.47 Å². The Labute approximate surface area is 124 Å². The predicted molar refractivity (Wildman–Crippen MR) is 84.2 cm³/mol. The van der Waals surface area contributed by atoms with E-state index >= 15 is 0 Å². The van der Waals surface area contributed by atoms with E-state index < -0.39 is 0 Å². The van der Waals surface area contributed by atoms with Gasteiger partial charge in [-0.3, -0.25) is 0 Å². The Bertz CT molecular complexity index is 646. The van der Waals surface area contributed by atoms with Crippen molar-refractivity contribution in [3.63, 3.8) is 0 Å². The molecule has 0 radical (unpaired) electrons. The van der Waals surface area contributed by atoms with Gasteiger partial charge in [-0.1, -0.05) is 42.5 Å². The number of hydrogen-bond donors (Lipinski definition) is 0. The summed E-state index contributed by atoms with van der Waals surface area (Å²) in [6.45, 7) is 2.00. The Morgan fingerprint density at radius 1 is 0.524 bits per heavy atom. The fraction of sp³-hybridized carbons (Fsp3) is 0.0526. The zero-order valence-corrected chi connectivity index (χ0v) is 11.8. The second-order valence-electron chi connectivity index (χ2n) is 4.71. The highest BCUT2D eigenvalue weighted by atomic mass is 16.5. The molecule has 2 nitrogen and oxygen atoms in total. The lowest BCUT2D eigenvalue weighted by Gasteiger charge is -2.13. The number of hydrogen-bond acceptors (Lipinski definition) is 2. The van der Waals surface area contributed by atoms with E-state index in [0.29, 0.717) is 0 Å². The highest BCUT2D eigenvalue weighted by Crippen LogP contribution is 2.33. The molecule has 3 rings (SSSR count). The fourth-order valence-corrected chi connectivity index (χ4v) is 2.05. The highest BCUT2D eigenvalue weighted by molar-refractivity contribution is 5.47. The first kappa shape index (κ1) is 13.3. The standard InChI is InChI=1S/C19H16O2/c1-15-18(20-16-9-4-2-5-10-16)13-8-14-19(15)21-17-11-6-3-7-12-17/h2-14H,1H3. The third-order valence-corrected chi connectivity index (χ3v) is 3.18. The molecule has 0 saturated carbocycles. The van der Waals surface area contributed by atoms with Gasteiger partial charge in [0.1, 0.15) is 23.0 Å². The third-order valence-electron chi connectivity index (χ3n) is 3.18. The van der Waals surface area contributed by atoms with Crippen molar-refractivity contribution in [3.05, 3.63) is 84.4 Å². The molecule has 0 heterocycles. The van der Waals surface area contributed by atoms with Crippen molar-refractivity contribution < 1.29 is 9.47 Å². The van der Waals surface area contributed by atoms with Crippen LogP contribution < -0.4 is 9.47 Å². The van der Waals surface area contributed by atoms with Gasteiger partial charge in [-0.05, 0) is 43.3 Å². The second kappa shape index (κ2) is 6.14. The van der Waals surface area contributed by atoms with Crippen LogP contribution in [0.15, 0.2) is 78.9 Å². The molecule has 0 aliphatic carbocycles. The van der Waals surface area contributed by atoms with Crippen LogP contribution in [0.1, 0.15) is 5.56 Å². The van der Waals surface area contributed by atoms with E-state index in [1.807, 2.05) is 85.8 Å². The minimum atomic E-state index is 0.801. The first-order valence-corrected chi connectivity index (χ1v) is 6.88. The van der Waals surface area contributed by atoms with Crippen molar-refractivity contribution in [3.8, 4) is 23.0 Å². The molecule has 3 aromatic rings. The quantitative estimate of drug-likeness (QED) is 0.619. The molecule has 0 N–H and O–H groups in total. The molecule has 2 heteroatoms. The lowest BCUT2D eigenvalue weighted by Crippen LogP contribution is -1.91. The largest absolute Gasteiger partial charge is 0.457 e. The van der Waals surface area contributed by atoms with E-state index in [1.165, 1.54) is 0 Å². The molecule has 0 aromatic heterocycles. The van der Waals surface area contributed by atoms with Crippen molar-refractivity contribution in [1.29, 1.82) is 0 Å². The zero-order valence-electron chi connectivity index (χ0n) is 11.8. The van der Waals surface area contributed by atoms with Gasteiger partial charge in [0.2, 0.25) is 0 Å². The van der Waals surface area contributed by atoms with Gasteiger partial charge >= 0.3 is 0 Å². The molecule has 0 amide bonds. The van der Waals surface area contributed by atoms with Gasteiger partial charge in [-0.2, -0.15) is 0 Å². The summed E-state index contributed by atoms with van der Waals surface area (Å²) in [6.07, 6.45) is 0. The van der Waals surface area contributed by atoms with Crippen LogP contribution in [0, 0.1) is 6.92 Å². The lowest BCUT2D eigenvalue weighted by atomic mass is 10.2. The Morgan fingerprint density at radius 2 is 0.952 bits per heavy atom. The average Bonchev–Trinajstić information content (AvgIpc) is 2.53. The van der Waals surface area contributed by atoms with Crippen molar-refractivity contribution in [1.82, 2.24) is 0 Å². The molecule has 0 unspecified atom stereocenters. The number of benzene rings is 3. The van der Waals surface area contributed by atoms with E-state index in [9.17, 15) is 0 Å². The van der Waals surface area contributed by atoms with Gasteiger partial charge in [-0.25, -0.2) is 0 Å². The summed E-state index contributed by atoms with van der Waals surface area (Å²) in [5, 5.41) is 0. The highest BCUT2D eigenvalue weighted by Gasteiger charge is 2.08. The molecule has 0 aliphatic rings. The second-order valence-corrected chi connectivity index (χ2v) is 4.71. The third kappa shape index (κ3) is 3.23. The number of ether oxygens (including phenoxy) is 2. The molecule has 0 fully saturated rings. The summed E-state index contributed by atoms with van der Waals surface area (Å²) in [4.78, 5) is 0. The van der Waals surface area contributed by atoms with Crippen LogP contribution in [0.3, 0.4) is 0 Å². The Kier molecular flexibility index (Phi) is 3.88. The molecule has 0 atom stereocenters. The molecule has 0 spiro atoms. The van der Waals surface area contributed by atoms with Gasteiger partial charge in [0.25, 0.3) is 0 Å². The van der Waals surface area contributed by atoms with Gasteiger partial charge in [-0.15, -0.1) is 0 Å². The minimum Gasteiger partial charge on any atom is -0.457 e. The monoisotopic (exact) mass is 276 g/mol. The summed E-state index contributed by atoms with van der Waals surface area (Å²) >= 11 is 0. The summed E-state index contributed by atoms with van der Waals surface area (Å²) in [6, 6.07) is 25.3. The molecule has 3 aromatic carbocycles. The minimum absolute atomic E-state index is 0.801. The maximum absolute atomic E-state index is 5.91. The lowest BCUT2D eigenvalue weighted by molar-refractivity contribution is 0.453. The normalized spacial score (nSPS) is 10.1. The summed E-state index contributed by atoms with van der Waals surface area (Å²) in [5.74, 6) is 3.24. The molecular weight excluding hydrogens is 260 g/mol. The van der Waals surface area contributed by atoms with Crippen molar-refractivity contribution in [2.75, 3.05) is 0 Å². The van der Waals surface area contributed by atoms with E-state index in [-0.39, 0.29) is 0 Å². The zero-order chi connectivity index (χ0) is 14.5. The Balaban J connectivity index is 1.85. The van der Waals surface area contributed by atoms with Crippen LogP contribution in [-0.4, -0.2) is 0 Å². The molecular formula is C19H16O2. The Morgan fingerprint density at radius 3 is 1.38 bits per heavy atom. The van der Waals surface area contributed by atoms with Gasteiger partial charge in [0.15, 0.2) is 0 Å². The summed E-state index contributed by atoms with van der Waals surface area (Å²) in [7, 11) is 0. The van der Waals surface area contributed by atoms with Crippen LogP contribution in [-0.2, 0) is 0 Å². The van der Waals surface area contributed by atoms with Crippen LogP contribution in [0.2, 0.25) is 0 Å². The molecule has 21 heavy (non-hydrogen) atoms. The number of para-hydroxylation sites is 2. The van der Waals surface area contributed by atoms with E-state index in [0.717, 1.165) is 28.6 Å². The maximum Gasteiger partial charge on any atom is 0.134 e. The van der Waals surface area contributed by atoms with Crippen molar-refractivity contribution >= 4 is 0 Å². The van der Waals surface area contributed by atoms with E-state index in [2.05, 4.69) is 0 Å².